The smallest absolute Gasteiger partial charge is 0.0924 e. The second kappa shape index (κ2) is 8.10. The van der Waals surface area contributed by atoms with Crippen molar-refractivity contribution in [3.05, 3.63) is 23.8 Å². The summed E-state index contributed by atoms with van der Waals surface area (Å²) in [6.07, 6.45) is 4.51. The molecule has 0 aliphatic heterocycles. The second-order valence-electron chi connectivity index (χ2n) is 4.32. The summed E-state index contributed by atoms with van der Waals surface area (Å²) in [7, 11) is 0. The molecule has 102 valence electrons. The first-order valence-electron chi connectivity index (χ1n) is 6.23. The molecule has 0 saturated carbocycles. The number of aromatic nitrogens is 2. The van der Waals surface area contributed by atoms with Crippen LogP contribution in [0, 0.1) is 0 Å². The normalized spacial score (nSPS) is 14.4. The Balaban J connectivity index is 2.53. The van der Waals surface area contributed by atoms with Gasteiger partial charge in [-0.25, -0.2) is 0 Å². The first-order chi connectivity index (χ1) is 8.67. The molecule has 0 unspecified atom stereocenters. The van der Waals surface area contributed by atoms with E-state index < -0.39 is 12.2 Å². The van der Waals surface area contributed by atoms with Crippen LogP contribution in [0.5, 0.6) is 0 Å². The standard InChI is InChI=1S/C12H22N4O2/c13-4-2-1-3-9-7-15-8-10(16-9)5-11(17)12(18)6-14/h7-8,11-12,17-18H,1-6,13-14H2/t11-,12+/m0/s1. The van der Waals surface area contributed by atoms with E-state index in [9.17, 15) is 10.2 Å². The number of aryl methyl sites for hydroxylation is 1. The highest BCUT2D eigenvalue weighted by atomic mass is 16.3. The van der Waals surface area contributed by atoms with Gasteiger partial charge in [-0.15, -0.1) is 0 Å². The second-order valence-corrected chi connectivity index (χ2v) is 4.32. The van der Waals surface area contributed by atoms with E-state index in [4.69, 9.17) is 11.5 Å². The maximum Gasteiger partial charge on any atom is 0.0924 e. The maximum absolute atomic E-state index is 9.66. The molecule has 6 nitrogen and oxygen atoms in total. The van der Waals surface area contributed by atoms with Crippen LogP contribution in [0.15, 0.2) is 12.4 Å². The van der Waals surface area contributed by atoms with Crippen LogP contribution in [0.1, 0.15) is 24.2 Å². The van der Waals surface area contributed by atoms with Gasteiger partial charge in [0.05, 0.1) is 23.6 Å². The molecular formula is C12H22N4O2. The molecule has 18 heavy (non-hydrogen) atoms. The zero-order chi connectivity index (χ0) is 13.4. The van der Waals surface area contributed by atoms with Crippen molar-refractivity contribution in [2.75, 3.05) is 13.1 Å². The Hall–Kier alpha value is -1.08. The summed E-state index contributed by atoms with van der Waals surface area (Å²) in [4.78, 5) is 8.47. The first-order valence-corrected chi connectivity index (χ1v) is 6.23. The minimum absolute atomic E-state index is 0.0325. The summed E-state index contributed by atoms with van der Waals surface area (Å²) < 4.78 is 0. The van der Waals surface area contributed by atoms with E-state index in [1.165, 1.54) is 0 Å². The summed E-state index contributed by atoms with van der Waals surface area (Å²) in [5.41, 5.74) is 12.3. The van der Waals surface area contributed by atoms with Crippen LogP contribution in [0.4, 0.5) is 0 Å². The SMILES string of the molecule is NCCCCc1cncc(C[C@H](O)[C@H](O)CN)n1. The van der Waals surface area contributed by atoms with Crippen LogP contribution in [-0.4, -0.2) is 45.5 Å². The zero-order valence-corrected chi connectivity index (χ0v) is 10.5. The molecule has 2 atom stereocenters. The first kappa shape index (κ1) is 15.0. The quantitative estimate of drug-likeness (QED) is 0.441. The van der Waals surface area contributed by atoms with E-state index in [-0.39, 0.29) is 13.0 Å². The third-order valence-electron chi connectivity index (χ3n) is 2.73. The van der Waals surface area contributed by atoms with Crippen molar-refractivity contribution in [1.29, 1.82) is 0 Å². The zero-order valence-electron chi connectivity index (χ0n) is 10.5. The van der Waals surface area contributed by atoms with Gasteiger partial charge in [-0.2, -0.15) is 0 Å². The van der Waals surface area contributed by atoms with Crippen LogP contribution in [0.25, 0.3) is 0 Å². The van der Waals surface area contributed by atoms with Gasteiger partial charge >= 0.3 is 0 Å². The molecule has 0 amide bonds. The molecule has 0 spiro atoms. The summed E-state index contributed by atoms with van der Waals surface area (Å²) >= 11 is 0. The van der Waals surface area contributed by atoms with Crippen LogP contribution in [0.3, 0.4) is 0 Å². The monoisotopic (exact) mass is 254 g/mol. The third kappa shape index (κ3) is 5.05. The van der Waals surface area contributed by atoms with E-state index in [1.54, 1.807) is 12.4 Å². The maximum atomic E-state index is 9.66. The minimum atomic E-state index is -0.923. The molecule has 1 rings (SSSR count). The molecular weight excluding hydrogens is 232 g/mol. The van der Waals surface area contributed by atoms with Gasteiger partial charge in [0.2, 0.25) is 0 Å². The Morgan fingerprint density at radius 1 is 1.06 bits per heavy atom. The molecule has 0 radical (unpaired) electrons. The van der Waals surface area contributed by atoms with E-state index in [0.29, 0.717) is 12.2 Å². The number of hydrogen-bond acceptors (Lipinski definition) is 6. The lowest BCUT2D eigenvalue weighted by Crippen LogP contribution is -2.34. The van der Waals surface area contributed by atoms with Gasteiger partial charge in [0, 0.05) is 25.4 Å². The Morgan fingerprint density at radius 2 is 1.78 bits per heavy atom. The number of hydrogen-bond donors (Lipinski definition) is 4. The predicted octanol–water partition coefficient (Wildman–Crippen LogP) is -1.02. The number of rotatable bonds is 8. The van der Waals surface area contributed by atoms with Crippen LogP contribution in [0.2, 0.25) is 0 Å². The Bertz CT molecular complexity index is 349. The Labute approximate surface area is 107 Å². The molecule has 1 aromatic heterocycles. The molecule has 0 aliphatic rings. The van der Waals surface area contributed by atoms with Gasteiger partial charge in [-0.1, -0.05) is 0 Å². The highest BCUT2D eigenvalue weighted by Crippen LogP contribution is 2.06. The summed E-state index contributed by atoms with van der Waals surface area (Å²) in [6, 6.07) is 0. The predicted molar refractivity (Wildman–Crippen MR) is 68.8 cm³/mol. The van der Waals surface area contributed by atoms with Crippen LogP contribution >= 0.6 is 0 Å². The van der Waals surface area contributed by atoms with Gasteiger partial charge in [-0.3, -0.25) is 9.97 Å². The number of nitrogens with zero attached hydrogens (tertiary/aromatic N) is 2. The fraction of sp³-hybridized carbons (Fsp3) is 0.667. The topological polar surface area (TPSA) is 118 Å². The van der Waals surface area contributed by atoms with E-state index in [2.05, 4.69) is 9.97 Å². The lowest BCUT2D eigenvalue weighted by molar-refractivity contribution is 0.0252. The fourth-order valence-corrected chi connectivity index (χ4v) is 1.63. The van der Waals surface area contributed by atoms with E-state index >= 15 is 0 Å². The molecule has 1 aromatic rings. The third-order valence-corrected chi connectivity index (χ3v) is 2.73. The lowest BCUT2D eigenvalue weighted by atomic mass is 10.1. The van der Waals surface area contributed by atoms with Crippen molar-refractivity contribution < 1.29 is 10.2 Å². The van der Waals surface area contributed by atoms with E-state index in [0.717, 1.165) is 25.0 Å². The van der Waals surface area contributed by atoms with Gasteiger partial charge in [0.1, 0.15) is 0 Å². The number of unbranched alkanes of at least 4 members (excludes halogenated alkanes) is 1. The molecule has 1 heterocycles. The average Bonchev–Trinajstić information content (AvgIpc) is 2.38. The van der Waals surface area contributed by atoms with Gasteiger partial charge in [0.25, 0.3) is 0 Å². The Kier molecular flexibility index (Phi) is 6.74. The van der Waals surface area contributed by atoms with Crippen molar-refractivity contribution in [3.63, 3.8) is 0 Å². The van der Waals surface area contributed by atoms with Gasteiger partial charge in [0.15, 0.2) is 0 Å². The lowest BCUT2D eigenvalue weighted by Gasteiger charge is -2.15. The average molecular weight is 254 g/mol. The highest BCUT2D eigenvalue weighted by Gasteiger charge is 2.15. The summed E-state index contributed by atoms with van der Waals surface area (Å²) in [5, 5.41) is 19.1. The van der Waals surface area contributed by atoms with Crippen LogP contribution in [-0.2, 0) is 12.8 Å². The largest absolute Gasteiger partial charge is 0.390 e. The van der Waals surface area contributed by atoms with Crippen molar-refractivity contribution in [2.45, 2.75) is 37.9 Å². The van der Waals surface area contributed by atoms with Crippen molar-refractivity contribution in [2.24, 2.45) is 11.5 Å². The van der Waals surface area contributed by atoms with Crippen molar-refractivity contribution in [1.82, 2.24) is 9.97 Å². The molecule has 0 aliphatic carbocycles. The molecule has 0 aromatic carbocycles. The molecule has 0 saturated heterocycles. The number of aliphatic hydroxyl groups excluding tert-OH is 2. The van der Waals surface area contributed by atoms with Crippen molar-refractivity contribution in [3.8, 4) is 0 Å². The van der Waals surface area contributed by atoms with E-state index in [1.807, 2.05) is 0 Å². The molecule has 0 bridgehead atoms. The molecule has 6 heteroatoms. The van der Waals surface area contributed by atoms with Crippen molar-refractivity contribution >= 4 is 0 Å². The molecule has 0 fully saturated rings. The molecule has 6 N–H and O–H groups in total. The van der Waals surface area contributed by atoms with Gasteiger partial charge < -0.3 is 21.7 Å². The highest BCUT2D eigenvalue weighted by molar-refractivity contribution is 5.05. The summed E-state index contributed by atoms with van der Waals surface area (Å²) in [6.45, 7) is 0.708. The number of aliphatic hydroxyl groups is 2. The van der Waals surface area contributed by atoms with Crippen LogP contribution < -0.4 is 11.5 Å². The minimum Gasteiger partial charge on any atom is -0.390 e. The fourth-order valence-electron chi connectivity index (χ4n) is 1.63. The Morgan fingerprint density at radius 3 is 2.44 bits per heavy atom. The summed E-state index contributed by atoms with van der Waals surface area (Å²) in [5.74, 6) is 0. The van der Waals surface area contributed by atoms with Gasteiger partial charge in [-0.05, 0) is 25.8 Å². The number of nitrogens with two attached hydrogens (primary N) is 2.